The zero-order valence-electron chi connectivity index (χ0n) is 13.1. The van der Waals surface area contributed by atoms with E-state index < -0.39 is 0 Å². The molecule has 0 bridgehead atoms. The lowest BCUT2D eigenvalue weighted by molar-refractivity contribution is -0.126. The number of amides is 2. The van der Waals surface area contributed by atoms with Crippen LogP contribution in [0.5, 0.6) is 0 Å². The van der Waals surface area contributed by atoms with Crippen LogP contribution >= 0.6 is 0 Å². The molecule has 2 aromatic rings. The van der Waals surface area contributed by atoms with Crippen molar-refractivity contribution in [2.45, 2.75) is 25.3 Å². The number of benzene rings is 1. The van der Waals surface area contributed by atoms with E-state index in [0.29, 0.717) is 18.5 Å². The lowest BCUT2D eigenvalue weighted by Gasteiger charge is -2.34. The molecule has 2 heterocycles. The summed E-state index contributed by atoms with van der Waals surface area (Å²) < 4.78 is 0. The van der Waals surface area contributed by atoms with E-state index in [0.717, 1.165) is 24.1 Å². The number of likely N-dealkylation sites (N-methyl/N-ethyl adjacent to an activating group) is 1. The predicted molar refractivity (Wildman–Crippen MR) is 86.8 cm³/mol. The average molecular weight is 312 g/mol. The number of nitrogens with one attached hydrogen (secondary N) is 2. The third-order valence-electron chi connectivity index (χ3n) is 4.23. The molecule has 1 saturated heterocycles. The molecule has 0 aliphatic carbocycles. The third kappa shape index (κ3) is 3.11. The van der Waals surface area contributed by atoms with Gasteiger partial charge in [0.25, 0.3) is 5.91 Å². The van der Waals surface area contributed by atoms with E-state index in [1.54, 1.807) is 30.5 Å². The van der Waals surface area contributed by atoms with Gasteiger partial charge in [-0.05, 0) is 31.4 Å². The molecule has 3 rings (SSSR count). The first-order valence-corrected chi connectivity index (χ1v) is 7.82. The number of aromatic nitrogens is 2. The van der Waals surface area contributed by atoms with Crippen molar-refractivity contribution in [1.29, 1.82) is 0 Å². The Balaban J connectivity index is 1.87. The summed E-state index contributed by atoms with van der Waals surface area (Å²) in [6.07, 6.45) is 5.94. The number of nitrogens with zero attached hydrogens (tertiary/aromatic N) is 2. The summed E-state index contributed by atoms with van der Waals surface area (Å²) in [6.45, 7) is 0.616. The zero-order valence-corrected chi connectivity index (χ0v) is 13.1. The van der Waals surface area contributed by atoms with Crippen molar-refractivity contribution in [1.82, 2.24) is 20.2 Å². The molecule has 2 amide bonds. The van der Waals surface area contributed by atoms with Crippen molar-refractivity contribution in [3.63, 3.8) is 0 Å². The van der Waals surface area contributed by atoms with Gasteiger partial charge in [-0.15, -0.1) is 0 Å². The van der Waals surface area contributed by atoms with Crippen LogP contribution < -0.4 is 5.32 Å². The van der Waals surface area contributed by atoms with Gasteiger partial charge in [-0.3, -0.25) is 9.59 Å². The molecule has 6 heteroatoms. The van der Waals surface area contributed by atoms with Crippen molar-refractivity contribution in [2.75, 3.05) is 13.6 Å². The Kier molecular flexibility index (Phi) is 4.41. The zero-order chi connectivity index (χ0) is 16.2. The molecular weight excluding hydrogens is 292 g/mol. The van der Waals surface area contributed by atoms with Crippen LogP contribution in [0.25, 0.3) is 11.3 Å². The maximum absolute atomic E-state index is 12.9. The van der Waals surface area contributed by atoms with Crippen LogP contribution in [0.4, 0.5) is 0 Å². The second-order valence-corrected chi connectivity index (χ2v) is 5.67. The van der Waals surface area contributed by atoms with Crippen LogP contribution in [0.1, 0.15) is 29.6 Å². The smallest absolute Gasteiger partial charge is 0.254 e. The number of imidazole rings is 1. The molecule has 23 heavy (non-hydrogen) atoms. The first-order valence-electron chi connectivity index (χ1n) is 7.82. The van der Waals surface area contributed by atoms with Crippen LogP contribution in [0, 0.1) is 0 Å². The predicted octanol–water partition coefficient (Wildman–Crippen LogP) is 1.82. The molecule has 1 aromatic carbocycles. The molecule has 1 aliphatic heterocycles. The Hall–Kier alpha value is -2.63. The number of likely N-dealkylation sites (tertiary alicyclic amines) is 1. The molecule has 1 aromatic heterocycles. The van der Waals surface area contributed by atoms with Gasteiger partial charge in [0.15, 0.2) is 0 Å². The van der Waals surface area contributed by atoms with Gasteiger partial charge >= 0.3 is 0 Å². The summed E-state index contributed by atoms with van der Waals surface area (Å²) in [4.78, 5) is 33.7. The lowest BCUT2D eigenvalue weighted by Crippen LogP contribution is -2.51. The highest BCUT2D eigenvalue weighted by molar-refractivity contribution is 5.98. The minimum atomic E-state index is -0.378. The molecule has 0 radical (unpaired) electrons. The summed E-state index contributed by atoms with van der Waals surface area (Å²) in [5.74, 6) is -0.192. The third-order valence-corrected chi connectivity index (χ3v) is 4.23. The van der Waals surface area contributed by atoms with Crippen molar-refractivity contribution >= 4 is 11.8 Å². The van der Waals surface area contributed by atoms with Crippen molar-refractivity contribution in [2.24, 2.45) is 0 Å². The topological polar surface area (TPSA) is 78.1 Å². The summed E-state index contributed by atoms with van der Waals surface area (Å²) >= 11 is 0. The second kappa shape index (κ2) is 6.64. The molecule has 1 atom stereocenters. The minimum Gasteiger partial charge on any atom is -0.357 e. The van der Waals surface area contributed by atoms with Crippen molar-refractivity contribution in [3.05, 3.63) is 42.4 Å². The Morgan fingerprint density at radius 2 is 2.22 bits per heavy atom. The summed E-state index contributed by atoms with van der Waals surface area (Å²) in [5.41, 5.74) is 2.36. The van der Waals surface area contributed by atoms with E-state index >= 15 is 0 Å². The number of aromatic amines is 1. The van der Waals surface area contributed by atoms with Crippen LogP contribution in [0.2, 0.25) is 0 Å². The van der Waals surface area contributed by atoms with E-state index in [2.05, 4.69) is 15.3 Å². The van der Waals surface area contributed by atoms with Crippen LogP contribution in [-0.2, 0) is 4.79 Å². The average Bonchev–Trinajstić information content (AvgIpc) is 3.15. The summed E-state index contributed by atoms with van der Waals surface area (Å²) in [6, 6.07) is 7.03. The number of hydrogen-bond acceptors (Lipinski definition) is 3. The van der Waals surface area contributed by atoms with Crippen molar-refractivity contribution < 1.29 is 9.59 Å². The van der Waals surface area contributed by atoms with E-state index in [9.17, 15) is 9.59 Å². The highest BCUT2D eigenvalue weighted by Gasteiger charge is 2.32. The van der Waals surface area contributed by atoms with E-state index in [4.69, 9.17) is 0 Å². The number of piperidine rings is 1. The number of H-pyrrole nitrogens is 1. The number of hydrogen-bond donors (Lipinski definition) is 2. The summed E-state index contributed by atoms with van der Waals surface area (Å²) in [5, 5.41) is 2.66. The highest BCUT2D eigenvalue weighted by atomic mass is 16.2. The molecule has 0 unspecified atom stereocenters. The molecule has 120 valence electrons. The molecule has 0 spiro atoms. The van der Waals surface area contributed by atoms with Crippen LogP contribution in [-0.4, -0.2) is 46.3 Å². The fourth-order valence-electron chi connectivity index (χ4n) is 3.01. The van der Waals surface area contributed by atoms with Gasteiger partial charge in [0, 0.05) is 24.7 Å². The van der Waals surface area contributed by atoms with Gasteiger partial charge < -0.3 is 15.2 Å². The van der Waals surface area contributed by atoms with E-state index in [1.165, 1.54) is 0 Å². The second-order valence-electron chi connectivity index (χ2n) is 5.67. The maximum atomic E-state index is 12.9. The monoisotopic (exact) mass is 312 g/mol. The molecule has 0 saturated carbocycles. The largest absolute Gasteiger partial charge is 0.357 e. The van der Waals surface area contributed by atoms with Crippen LogP contribution in [0.15, 0.2) is 36.8 Å². The van der Waals surface area contributed by atoms with Crippen molar-refractivity contribution in [3.8, 4) is 11.3 Å². The normalized spacial score (nSPS) is 17.8. The quantitative estimate of drug-likeness (QED) is 0.907. The molecule has 2 N–H and O–H groups in total. The Morgan fingerprint density at radius 3 is 2.96 bits per heavy atom. The maximum Gasteiger partial charge on any atom is 0.254 e. The van der Waals surface area contributed by atoms with Gasteiger partial charge in [-0.2, -0.15) is 0 Å². The fraction of sp³-hybridized carbons (Fsp3) is 0.353. The lowest BCUT2D eigenvalue weighted by atomic mass is 9.99. The molecule has 1 aliphatic rings. The van der Waals surface area contributed by atoms with Gasteiger partial charge in [0.05, 0.1) is 18.2 Å². The fourth-order valence-corrected chi connectivity index (χ4v) is 3.01. The Labute approximate surface area is 134 Å². The van der Waals surface area contributed by atoms with E-state index in [1.807, 2.05) is 18.2 Å². The first-order chi connectivity index (χ1) is 11.2. The molecule has 6 nitrogen and oxygen atoms in total. The van der Waals surface area contributed by atoms with E-state index in [-0.39, 0.29) is 17.9 Å². The van der Waals surface area contributed by atoms with Gasteiger partial charge in [-0.1, -0.05) is 12.1 Å². The standard InChI is InChI=1S/C17H20N4O2/c1-18-16(22)15-7-2-3-8-21(15)17(23)13-6-4-5-12(9-13)14-10-19-11-20-14/h4-6,9-11,15H,2-3,7-8H2,1H3,(H,18,22)(H,19,20)/t15-/m1/s1. The number of rotatable bonds is 3. The summed E-state index contributed by atoms with van der Waals surface area (Å²) in [7, 11) is 1.61. The Bertz CT molecular complexity index is 696. The molecule has 1 fully saturated rings. The number of carbonyl (C=O) groups is 2. The SMILES string of the molecule is CNC(=O)[C@H]1CCCCN1C(=O)c1cccc(-c2cnc[nH]2)c1. The minimum absolute atomic E-state index is 0.0947. The Morgan fingerprint density at radius 1 is 1.35 bits per heavy atom. The van der Waals surface area contributed by atoms with Gasteiger partial charge in [0.1, 0.15) is 6.04 Å². The number of carbonyl (C=O) groups excluding carboxylic acids is 2. The first kappa shape index (κ1) is 15.3. The van der Waals surface area contributed by atoms with Gasteiger partial charge in [0.2, 0.25) is 5.91 Å². The van der Waals surface area contributed by atoms with Crippen LogP contribution in [0.3, 0.4) is 0 Å². The van der Waals surface area contributed by atoms with Gasteiger partial charge in [-0.25, -0.2) is 4.98 Å². The molecular formula is C17H20N4O2. The highest BCUT2D eigenvalue weighted by Crippen LogP contribution is 2.22.